The van der Waals surface area contributed by atoms with Crippen molar-refractivity contribution < 1.29 is 117 Å². The molecule has 1 atom stereocenters. The molecule has 12 nitrogen and oxygen atoms in total. The molecule has 0 aromatic rings. The molecule has 0 aliphatic carbocycles. The molecular weight excluding hydrogens is 486 g/mol. The molecule has 0 rings (SSSR count). The van der Waals surface area contributed by atoms with Crippen LogP contribution >= 0.6 is 0 Å². The number of aliphatic hydroxyl groups is 1. The number of carboxylic acid groups (broad SMARTS) is 3. The maximum Gasteiger partial charge on any atom is 1.00 e. The predicted octanol–water partition coefficient (Wildman–Crippen LogP) is -6.02. The first-order chi connectivity index (χ1) is 13.8. The van der Waals surface area contributed by atoms with E-state index in [1.165, 1.54) is 44.9 Å². The fourth-order valence-corrected chi connectivity index (χ4v) is 2.78. The van der Waals surface area contributed by atoms with E-state index in [0.717, 1.165) is 12.8 Å². The zero-order valence-electron chi connectivity index (χ0n) is 19.7. The molecule has 0 saturated heterocycles. The summed E-state index contributed by atoms with van der Waals surface area (Å²) in [5.74, 6) is -5.34. The topological polar surface area (TPSA) is 233 Å². The Kier molecular flexibility index (Phi) is 33.2. The fraction of sp³-hybridized carbons (Fsp3) is 0.833. The Morgan fingerprint density at radius 1 is 0.848 bits per heavy atom. The van der Waals surface area contributed by atoms with Gasteiger partial charge in [-0.3, -0.25) is 8.98 Å². The van der Waals surface area contributed by atoms with Gasteiger partial charge in [-0.25, -0.2) is 13.2 Å². The van der Waals surface area contributed by atoms with Crippen LogP contribution in [-0.2, 0) is 29.0 Å². The summed E-state index contributed by atoms with van der Waals surface area (Å²) in [6.45, 7) is 2.24. The Morgan fingerprint density at radius 2 is 1.24 bits per heavy atom. The van der Waals surface area contributed by atoms with Gasteiger partial charge in [-0.1, -0.05) is 64.7 Å². The zero-order chi connectivity index (χ0) is 23.6. The fourth-order valence-electron chi connectivity index (χ4n) is 2.45. The monoisotopic (exact) mass is 520 g/mol. The van der Waals surface area contributed by atoms with Crippen LogP contribution in [0.5, 0.6) is 0 Å². The van der Waals surface area contributed by atoms with E-state index in [4.69, 9.17) is 15.3 Å². The third-order valence-corrected chi connectivity index (χ3v) is 4.46. The van der Waals surface area contributed by atoms with E-state index >= 15 is 0 Å². The number of hydrogen-bond donors (Lipinski definition) is 3. The standard InChI is InChI=1S/C12H26O4S.C6H8O7.2Na.H2O/c1-2-3-4-5-6-7-8-9-10-11-12-16-17(13,14)15;7-3(8)1-6(13,5(11)12)2-4(9)10;;;/h2-12H2,1H3,(H,13,14,15);13H,1-2H2,(H,7,8)(H,9,10)(H,11,12);;;1H2/q;;2*+1;/p-2. The van der Waals surface area contributed by atoms with Gasteiger partial charge in [0.15, 0.2) is 5.60 Å². The third-order valence-electron chi connectivity index (χ3n) is 4.00. The SMILES string of the molecule is CCCCCCCCCCCCOS(=O)(=O)[O-].O.O=C([O-])CC(O)(CC(=O)O)C(=O)O.[Na+].[Na+]. The van der Waals surface area contributed by atoms with Crippen LogP contribution in [0.15, 0.2) is 0 Å². The molecule has 186 valence electrons. The Morgan fingerprint density at radius 3 is 1.55 bits per heavy atom. The summed E-state index contributed by atoms with van der Waals surface area (Å²) in [5.41, 5.74) is -2.80. The molecule has 0 fully saturated rings. The van der Waals surface area contributed by atoms with Crippen molar-refractivity contribution in [1.82, 2.24) is 0 Å². The summed E-state index contributed by atoms with van der Waals surface area (Å²) in [7, 11) is -4.48. The second kappa shape index (κ2) is 25.3. The number of hydrogen-bond acceptors (Lipinski definition) is 9. The van der Waals surface area contributed by atoms with Crippen molar-refractivity contribution >= 4 is 28.3 Å². The molecule has 0 spiro atoms. The first kappa shape index (κ1) is 43.3. The number of aliphatic carboxylic acids is 3. The normalized spacial score (nSPS) is 11.8. The number of rotatable bonds is 17. The van der Waals surface area contributed by atoms with Crippen LogP contribution in [0.2, 0.25) is 0 Å². The summed E-state index contributed by atoms with van der Waals surface area (Å²) >= 11 is 0. The van der Waals surface area contributed by atoms with Crippen LogP contribution in [0.3, 0.4) is 0 Å². The minimum Gasteiger partial charge on any atom is -0.726 e. The molecule has 0 radical (unpaired) electrons. The Bertz CT molecular complexity index is 598. The molecule has 33 heavy (non-hydrogen) atoms. The van der Waals surface area contributed by atoms with Gasteiger partial charge < -0.3 is 35.2 Å². The Labute approximate surface area is 239 Å². The minimum atomic E-state index is -4.48. The van der Waals surface area contributed by atoms with Gasteiger partial charge in [-0.2, -0.15) is 0 Å². The molecule has 0 aliphatic rings. The van der Waals surface area contributed by atoms with Crippen molar-refractivity contribution in [1.29, 1.82) is 0 Å². The van der Waals surface area contributed by atoms with E-state index < -0.39 is 46.7 Å². The average molecular weight is 521 g/mol. The summed E-state index contributed by atoms with van der Waals surface area (Å²) in [4.78, 5) is 30.3. The molecule has 1 unspecified atom stereocenters. The average Bonchev–Trinajstić information content (AvgIpc) is 2.57. The van der Waals surface area contributed by atoms with E-state index in [9.17, 15) is 32.5 Å². The van der Waals surface area contributed by atoms with Crippen LogP contribution in [-0.4, -0.2) is 63.9 Å². The van der Waals surface area contributed by atoms with E-state index in [1.54, 1.807) is 0 Å². The maximum atomic E-state index is 10.3. The van der Waals surface area contributed by atoms with E-state index in [-0.39, 0.29) is 71.2 Å². The Hall–Kier alpha value is 0.200. The van der Waals surface area contributed by atoms with Gasteiger partial charge in [0, 0.05) is 12.4 Å². The van der Waals surface area contributed by atoms with Crippen LogP contribution in [0.4, 0.5) is 0 Å². The molecule has 0 aliphatic heterocycles. The molecular formula is C18H34Na2O12S. The summed E-state index contributed by atoms with van der Waals surface area (Å²) in [6, 6.07) is 0. The van der Waals surface area contributed by atoms with Gasteiger partial charge in [0.25, 0.3) is 0 Å². The van der Waals surface area contributed by atoms with Crippen LogP contribution < -0.4 is 64.2 Å². The van der Waals surface area contributed by atoms with Crippen molar-refractivity contribution in [2.75, 3.05) is 6.61 Å². The van der Waals surface area contributed by atoms with Crippen LogP contribution in [0.1, 0.15) is 84.0 Å². The molecule has 0 aromatic carbocycles. The van der Waals surface area contributed by atoms with Crippen molar-refractivity contribution in [2.45, 2.75) is 89.6 Å². The van der Waals surface area contributed by atoms with E-state index in [2.05, 4.69) is 11.1 Å². The number of carbonyl (C=O) groups is 3. The van der Waals surface area contributed by atoms with Crippen molar-refractivity contribution in [3.8, 4) is 0 Å². The van der Waals surface area contributed by atoms with Gasteiger partial charge in [0.05, 0.1) is 13.0 Å². The largest absolute Gasteiger partial charge is 1.00 e. The third kappa shape index (κ3) is 32.2. The molecule has 0 bridgehead atoms. The van der Waals surface area contributed by atoms with Crippen molar-refractivity contribution in [3.63, 3.8) is 0 Å². The van der Waals surface area contributed by atoms with Gasteiger partial charge >= 0.3 is 71.1 Å². The van der Waals surface area contributed by atoms with E-state index in [0.29, 0.717) is 6.42 Å². The van der Waals surface area contributed by atoms with Crippen molar-refractivity contribution in [3.05, 3.63) is 0 Å². The smallest absolute Gasteiger partial charge is 0.726 e. The second-order valence-electron chi connectivity index (χ2n) is 6.87. The van der Waals surface area contributed by atoms with Crippen LogP contribution in [0, 0.1) is 0 Å². The molecule has 15 heteroatoms. The number of carbonyl (C=O) groups excluding carboxylic acids is 1. The first-order valence-corrected chi connectivity index (χ1v) is 11.1. The Balaban J connectivity index is -0.000000149. The van der Waals surface area contributed by atoms with Gasteiger partial charge in [-0.05, 0) is 6.42 Å². The quantitative estimate of drug-likeness (QED) is 0.0706. The summed E-state index contributed by atoms with van der Waals surface area (Å²) < 4.78 is 34.5. The molecule has 0 amide bonds. The summed E-state index contributed by atoms with van der Waals surface area (Å²) in [5, 5.41) is 35.5. The summed E-state index contributed by atoms with van der Waals surface area (Å²) in [6.07, 6.45) is 9.26. The maximum absolute atomic E-state index is 10.3. The molecule has 0 aromatic heterocycles. The van der Waals surface area contributed by atoms with Crippen molar-refractivity contribution in [2.24, 2.45) is 0 Å². The zero-order valence-corrected chi connectivity index (χ0v) is 24.5. The molecule has 0 heterocycles. The van der Waals surface area contributed by atoms with Gasteiger partial charge in [0.1, 0.15) is 0 Å². The van der Waals surface area contributed by atoms with E-state index in [1.807, 2.05) is 0 Å². The molecule has 5 N–H and O–H groups in total. The molecule has 0 saturated carbocycles. The van der Waals surface area contributed by atoms with Crippen LogP contribution in [0.25, 0.3) is 0 Å². The minimum absolute atomic E-state index is 0. The second-order valence-corrected chi connectivity index (χ2v) is 7.92. The predicted molar refractivity (Wildman–Crippen MR) is 106 cm³/mol. The number of carboxylic acids is 3. The van der Waals surface area contributed by atoms with Gasteiger partial charge in [-0.15, -0.1) is 0 Å². The first-order valence-electron chi connectivity index (χ1n) is 9.81. The van der Waals surface area contributed by atoms with Gasteiger partial charge in [0.2, 0.25) is 10.4 Å². The number of unbranched alkanes of at least 4 members (excludes halogenated alkanes) is 9.